The lowest BCUT2D eigenvalue weighted by Crippen LogP contribution is -1.96. The Hall–Kier alpha value is -1.53. The number of aromatic nitrogens is 2. The van der Waals surface area contributed by atoms with Crippen molar-refractivity contribution in [1.29, 1.82) is 0 Å². The van der Waals surface area contributed by atoms with Crippen molar-refractivity contribution in [3.63, 3.8) is 0 Å². The van der Waals surface area contributed by atoms with Crippen LogP contribution in [0.4, 0.5) is 5.13 Å². The van der Waals surface area contributed by atoms with Crippen molar-refractivity contribution in [3.05, 3.63) is 42.5 Å². The molecule has 0 saturated carbocycles. The molecule has 1 heterocycles. The van der Waals surface area contributed by atoms with Gasteiger partial charge in [0, 0.05) is 17.9 Å². The highest BCUT2D eigenvalue weighted by atomic mass is 32.2. The lowest BCUT2D eigenvalue weighted by Gasteiger charge is -2.05. The molecule has 0 atom stereocenters. The monoisotopic (exact) mass is 293 g/mol. The highest BCUT2D eigenvalue weighted by Crippen LogP contribution is 2.30. The minimum atomic E-state index is 0.700. The van der Waals surface area contributed by atoms with E-state index in [1.165, 1.54) is 0 Å². The van der Waals surface area contributed by atoms with Crippen molar-refractivity contribution in [1.82, 2.24) is 10.2 Å². The molecule has 4 nitrogen and oxygen atoms in total. The first-order chi connectivity index (χ1) is 9.33. The van der Waals surface area contributed by atoms with Crippen LogP contribution in [0.1, 0.15) is 5.56 Å². The van der Waals surface area contributed by atoms with Crippen molar-refractivity contribution >= 4 is 28.2 Å². The number of ether oxygens (including phenoxy) is 1. The van der Waals surface area contributed by atoms with Gasteiger partial charge in [-0.15, -0.1) is 16.8 Å². The second-order valence-corrected chi connectivity index (χ2v) is 5.84. The molecule has 6 heteroatoms. The van der Waals surface area contributed by atoms with Gasteiger partial charge < -0.3 is 10.1 Å². The van der Waals surface area contributed by atoms with E-state index in [9.17, 15) is 0 Å². The summed E-state index contributed by atoms with van der Waals surface area (Å²) in [5.74, 6) is 1.73. The molecule has 2 rings (SSSR count). The summed E-state index contributed by atoms with van der Waals surface area (Å²) in [6.07, 6.45) is 1.79. The molecule has 19 heavy (non-hydrogen) atoms. The molecule has 2 aromatic rings. The number of rotatable bonds is 7. The molecule has 0 unspecified atom stereocenters. The molecule has 0 saturated heterocycles. The van der Waals surface area contributed by atoms with Crippen LogP contribution in [-0.2, 0) is 5.75 Å². The van der Waals surface area contributed by atoms with Crippen LogP contribution >= 0.6 is 23.1 Å². The molecule has 1 N–H and O–H groups in total. The highest BCUT2D eigenvalue weighted by Gasteiger charge is 2.07. The molecule has 0 bridgehead atoms. The van der Waals surface area contributed by atoms with Gasteiger partial charge in [-0.2, -0.15) is 0 Å². The molecule has 0 fully saturated rings. The lowest BCUT2D eigenvalue weighted by molar-refractivity contribution is 0.411. The molecule has 0 radical (unpaired) electrons. The summed E-state index contributed by atoms with van der Waals surface area (Å²) < 4.78 is 6.26. The highest BCUT2D eigenvalue weighted by molar-refractivity contribution is 8.00. The van der Waals surface area contributed by atoms with E-state index in [1.807, 2.05) is 18.2 Å². The minimum Gasteiger partial charge on any atom is -0.496 e. The molecule has 0 spiro atoms. The van der Waals surface area contributed by atoms with E-state index in [-0.39, 0.29) is 0 Å². The Balaban J connectivity index is 1.94. The van der Waals surface area contributed by atoms with Gasteiger partial charge in [0.25, 0.3) is 0 Å². The van der Waals surface area contributed by atoms with Crippen LogP contribution in [-0.4, -0.2) is 23.9 Å². The molecule has 0 aliphatic heterocycles. The maximum atomic E-state index is 5.32. The molecule has 100 valence electrons. The zero-order valence-corrected chi connectivity index (χ0v) is 12.3. The summed E-state index contributed by atoms with van der Waals surface area (Å²) in [6, 6.07) is 8.00. The first kappa shape index (κ1) is 13.9. The van der Waals surface area contributed by atoms with Crippen molar-refractivity contribution < 1.29 is 4.74 Å². The van der Waals surface area contributed by atoms with E-state index in [0.29, 0.717) is 6.54 Å². The molecule has 1 aromatic carbocycles. The number of nitrogens with zero attached hydrogens (tertiary/aromatic N) is 2. The Morgan fingerprint density at radius 2 is 2.26 bits per heavy atom. The van der Waals surface area contributed by atoms with Crippen molar-refractivity contribution in [2.45, 2.75) is 10.1 Å². The predicted molar refractivity (Wildman–Crippen MR) is 81.2 cm³/mol. The largest absolute Gasteiger partial charge is 0.496 e. The van der Waals surface area contributed by atoms with Gasteiger partial charge in [-0.05, 0) is 6.07 Å². The number of hydrogen-bond acceptors (Lipinski definition) is 6. The average molecular weight is 293 g/mol. The Labute approximate surface area is 120 Å². The summed E-state index contributed by atoms with van der Waals surface area (Å²) in [5.41, 5.74) is 1.16. The first-order valence-electron chi connectivity index (χ1n) is 5.76. The Morgan fingerprint density at radius 3 is 3.05 bits per heavy atom. The van der Waals surface area contributed by atoms with E-state index in [2.05, 4.69) is 28.2 Å². The Morgan fingerprint density at radius 1 is 1.42 bits per heavy atom. The molecular weight excluding hydrogens is 278 g/mol. The van der Waals surface area contributed by atoms with E-state index < -0.39 is 0 Å². The van der Waals surface area contributed by atoms with Gasteiger partial charge in [0.1, 0.15) is 5.75 Å². The summed E-state index contributed by atoms with van der Waals surface area (Å²) in [6.45, 7) is 4.35. The SMILES string of the molecule is C=CCNc1nnc(SCc2ccccc2OC)s1. The second-order valence-electron chi connectivity index (χ2n) is 3.64. The Bertz CT molecular complexity index is 542. The topological polar surface area (TPSA) is 47.0 Å². The van der Waals surface area contributed by atoms with Crippen molar-refractivity contribution in [3.8, 4) is 5.75 Å². The van der Waals surface area contributed by atoms with E-state index in [0.717, 1.165) is 26.5 Å². The van der Waals surface area contributed by atoms with E-state index in [4.69, 9.17) is 4.74 Å². The van der Waals surface area contributed by atoms with Crippen LogP contribution in [0.5, 0.6) is 5.75 Å². The van der Waals surface area contributed by atoms with Crippen molar-refractivity contribution in [2.75, 3.05) is 19.0 Å². The zero-order valence-electron chi connectivity index (χ0n) is 10.6. The third-order valence-electron chi connectivity index (χ3n) is 2.35. The van der Waals surface area contributed by atoms with Gasteiger partial charge >= 0.3 is 0 Å². The maximum Gasteiger partial charge on any atom is 0.206 e. The number of para-hydroxylation sites is 1. The van der Waals surface area contributed by atoms with Gasteiger partial charge in [-0.1, -0.05) is 47.4 Å². The fraction of sp³-hybridized carbons (Fsp3) is 0.231. The molecular formula is C13H15N3OS2. The fourth-order valence-corrected chi connectivity index (χ4v) is 3.21. The number of hydrogen-bond donors (Lipinski definition) is 1. The number of methoxy groups -OCH3 is 1. The Kier molecular flexibility index (Phi) is 5.23. The fourth-order valence-electron chi connectivity index (χ4n) is 1.46. The predicted octanol–water partition coefficient (Wildman–Crippen LogP) is 3.44. The van der Waals surface area contributed by atoms with Gasteiger partial charge in [0.15, 0.2) is 4.34 Å². The summed E-state index contributed by atoms with van der Waals surface area (Å²) in [4.78, 5) is 0. The molecule has 1 aromatic heterocycles. The van der Waals surface area contributed by atoms with Gasteiger partial charge in [0.05, 0.1) is 7.11 Å². The first-order valence-corrected chi connectivity index (χ1v) is 7.56. The third-order valence-corrected chi connectivity index (χ3v) is 4.41. The van der Waals surface area contributed by atoms with Crippen LogP contribution in [0.2, 0.25) is 0 Å². The summed E-state index contributed by atoms with van der Waals surface area (Å²) in [5, 5.41) is 12.1. The van der Waals surface area contributed by atoms with Crippen LogP contribution in [0, 0.1) is 0 Å². The van der Waals surface area contributed by atoms with E-state index >= 15 is 0 Å². The standard InChI is InChI=1S/C13H15N3OS2/c1-3-8-14-12-15-16-13(19-12)18-9-10-6-4-5-7-11(10)17-2/h3-7H,1,8-9H2,2H3,(H,14,15). The van der Waals surface area contributed by atoms with Crippen LogP contribution in [0.25, 0.3) is 0 Å². The van der Waals surface area contributed by atoms with Crippen LogP contribution < -0.4 is 10.1 Å². The summed E-state index contributed by atoms with van der Waals surface area (Å²) in [7, 11) is 1.69. The average Bonchev–Trinajstić information content (AvgIpc) is 2.91. The van der Waals surface area contributed by atoms with Gasteiger partial charge in [-0.3, -0.25) is 0 Å². The summed E-state index contributed by atoms with van der Waals surface area (Å²) >= 11 is 3.20. The maximum absolute atomic E-state index is 5.32. The number of anilines is 1. The van der Waals surface area contributed by atoms with E-state index in [1.54, 1.807) is 36.3 Å². The number of nitrogens with one attached hydrogen (secondary N) is 1. The second kappa shape index (κ2) is 7.16. The van der Waals surface area contributed by atoms with Crippen LogP contribution in [0.3, 0.4) is 0 Å². The minimum absolute atomic E-state index is 0.700. The van der Waals surface area contributed by atoms with Gasteiger partial charge in [-0.25, -0.2) is 0 Å². The van der Waals surface area contributed by atoms with Gasteiger partial charge in [0.2, 0.25) is 5.13 Å². The zero-order chi connectivity index (χ0) is 13.5. The lowest BCUT2D eigenvalue weighted by atomic mass is 10.2. The third kappa shape index (κ3) is 3.97. The molecule has 0 amide bonds. The quantitative estimate of drug-likeness (QED) is 0.626. The number of thioether (sulfide) groups is 1. The smallest absolute Gasteiger partial charge is 0.206 e. The van der Waals surface area contributed by atoms with Crippen molar-refractivity contribution in [2.24, 2.45) is 0 Å². The molecule has 0 aliphatic carbocycles. The normalized spacial score (nSPS) is 10.2. The van der Waals surface area contributed by atoms with Crippen LogP contribution in [0.15, 0.2) is 41.3 Å². The number of benzene rings is 1. The molecule has 0 aliphatic rings.